The van der Waals surface area contributed by atoms with Crippen LogP contribution in [-0.2, 0) is 16.1 Å². The molecule has 134 valence electrons. The number of amides is 1. The fraction of sp³-hybridized carbons (Fsp3) is 0.684. The molecule has 0 bridgehead atoms. The van der Waals surface area contributed by atoms with E-state index in [4.69, 9.17) is 9.15 Å². The van der Waals surface area contributed by atoms with Gasteiger partial charge in [-0.3, -0.25) is 4.79 Å². The van der Waals surface area contributed by atoms with Gasteiger partial charge in [0.05, 0.1) is 13.2 Å². The first-order chi connectivity index (χ1) is 11.4. The standard InChI is InChI=1S/C19H29NO4/c1-5-23-19(22)17-9-7-14(24-17)11-20-18(21)16-10-13(4)6-8-15(16)12(2)3/h7,9,12-13,15-16H,5-6,8,10-11H2,1-4H3,(H,20,21)/t13-,15+,16-/m1/s1. The van der Waals surface area contributed by atoms with E-state index in [1.54, 1.807) is 19.1 Å². The molecule has 1 aliphatic carbocycles. The van der Waals surface area contributed by atoms with Crippen molar-refractivity contribution in [2.75, 3.05) is 6.61 Å². The summed E-state index contributed by atoms with van der Waals surface area (Å²) in [5, 5.41) is 2.97. The third-order valence-corrected chi connectivity index (χ3v) is 4.93. The van der Waals surface area contributed by atoms with Gasteiger partial charge in [-0.25, -0.2) is 4.79 Å². The normalized spacial score (nSPS) is 24.0. The van der Waals surface area contributed by atoms with Crippen LogP contribution in [0.5, 0.6) is 0 Å². The number of ether oxygens (including phenoxy) is 1. The van der Waals surface area contributed by atoms with E-state index in [0.717, 1.165) is 12.8 Å². The molecule has 3 atom stereocenters. The first-order valence-corrected chi connectivity index (χ1v) is 8.95. The van der Waals surface area contributed by atoms with Crippen molar-refractivity contribution in [1.29, 1.82) is 0 Å². The van der Waals surface area contributed by atoms with Crippen molar-refractivity contribution in [3.63, 3.8) is 0 Å². The number of carbonyl (C=O) groups is 2. The number of rotatable bonds is 6. The second-order valence-corrected chi connectivity index (χ2v) is 7.14. The molecule has 1 saturated carbocycles. The minimum absolute atomic E-state index is 0.0632. The molecule has 24 heavy (non-hydrogen) atoms. The van der Waals surface area contributed by atoms with Crippen LogP contribution in [0.3, 0.4) is 0 Å². The molecule has 5 heteroatoms. The summed E-state index contributed by atoms with van der Waals surface area (Å²) in [6, 6.07) is 3.29. The first kappa shape index (κ1) is 18.6. The van der Waals surface area contributed by atoms with Gasteiger partial charge >= 0.3 is 5.97 Å². The maximum Gasteiger partial charge on any atom is 0.374 e. The van der Waals surface area contributed by atoms with Crippen molar-refractivity contribution in [2.24, 2.45) is 23.7 Å². The third kappa shape index (κ3) is 4.62. The predicted molar refractivity (Wildman–Crippen MR) is 91.3 cm³/mol. The van der Waals surface area contributed by atoms with Gasteiger partial charge in [-0.15, -0.1) is 0 Å². The van der Waals surface area contributed by atoms with Gasteiger partial charge in [-0.2, -0.15) is 0 Å². The lowest BCUT2D eigenvalue weighted by Crippen LogP contribution is -2.39. The highest BCUT2D eigenvalue weighted by atomic mass is 16.5. The van der Waals surface area contributed by atoms with Crippen molar-refractivity contribution in [1.82, 2.24) is 5.32 Å². The Morgan fingerprint density at radius 3 is 2.75 bits per heavy atom. The summed E-state index contributed by atoms with van der Waals surface area (Å²) in [5.41, 5.74) is 0. The largest absolute Gasteiger partial charge is 0.460 e. The van der Waals surface area contributed by atoms with Gasteiger partial charge in [0.15, 0.2) is 0 Å². The Balaban J connectivity index is 1.93. The molecular formula is C19H29NO4. The van der Waals surface area contributed by atoms with Crippen molar-refractivity contribution >= 4 is 11.9 Å². The van der Waals surface area contributed by atoms with E-state index < -0.39 is 5.97 Å². The Morgan fingerprint density at radius 2 is 2.08 bits per heavy atom. The summed E-state index contributed by atoms with van der Waals surface area (Å²) in [6.07, 6.45) is 3.26. The Morgan fingerprint density at radius 1 is 1.33 bits per heavy atom. The van der Waals surface area contributed by atoms with Crippen molar-refractivity contribution in [3.8, 4) is 0 Å². The summed E-state index contributed by atoms with van der Waals surface area (Å²) in [4.78, 5) is 24.2. The molecule has 1 aromatic rings. The quantitative estimate of drug-likeness (QED) is 0.803. The zero-order valence-corrected chi connectivity index (χ0v) is 15.1. The maximum atomic E-state index is 12.6. The molecule has 0 saturated heterocycles. The Hall–Kier alpha value is -1.78. The molecule has 1 amide bonds. The molecule has 0 unspecified atom stereocenters. The summed E-state index contributed by atoms with van der Waals surface area (Å²) < 4.78 is 10.3. The SMILES string of the molecule is CCOC(=O)c1ccc(CNC(=O)[C@@H]2C[C@H](C)CC[C@H]2C(C)C)o1. The van der Waals surface area contributed by atoms with Gasteiger partial charge in [0.1, 0.15) is 5.76 Å². The van der Waals surface area contributed by atoms with E-state index in [-0.39, 0.29) is 17.6 Å². The van der Waals surface area contributed by atoms with Crippen LogP contribution in [0.15, 0.2) is 16.5 Å². The predicted octanol–water partition coefficient (Wildman–Crippen LogP) is 3.78. The van der Waals surface area contributed by atoms with Crippen LogP contribution in [0.25, 0.3) is 0 Å². The molecule has 0 aliphatic heterocycles. The fourth-order valence-corrected chi connectivity index (χ4v) is 3.59. The highest BCUT2D eigenvalue weighted by Crippen LogP contribution is 2.38. The van der Waals surface area contributed by atoms with Crippen molar-refractivity contribution < 1.29 is 18.7 Å². The summed E-state index contributed by atoms with van der Waals surface area (Å²) in [7, 11) is 0. The van der Waals surface area contributed by atoms with Gasteiger partial charge in [0.25, 0.3) is 0 Å². The number of hydrogen-bond donors (Lipinski definition) is 1. The molecule has 1 fully saturated rings. The minimum Gasteiger partial charge on any atom is -0.460 e. The van der Waals surface area contributed by atoms with Crippen LogP contribution in [0.4, 0.5) is 0 Å². The highest BCUT2D eigenvalue weighted by Gasteiger charge is 2.35. The van der Waals surface area contributed by atoms with E-state index in [2.05, 4.69) is 26.1 Å². The highest BCUT2D eigenvalue weighted by molar-refractivity contribution is 5.86. The van der Waals surface area contributed by atoms with E-state index in [0.29, 0.717) is 36.7 Å². The smallest absolute Gasteiger partial charge is 0.374 e. The zero-order valence-electron chi connectivity index (χ0n) is 15.1. The number of hydrogen-bond acceptors (Lipinski definition) is 4. The molecule has 2 rings (SSSR count). The number of nitrogens with one attached hydrogen (secondary N) is 1. The summed E-state index contributed by atoms with van der Waals surface area (Å²) in [5.74, 6) is 1.96. The molecule has 5 nitrogen and oxygen atoms in total. The van der Waals surface area contributed by atoms with Crippen molar-refractivity contribution in [3.05, 3.63) is 23.7 Å². The maximum absolute atomic E-state index is 12.6. The Kier molecular flexibility index (Phi) is 6.46. The number of furan rings is 1. The second kappa shape index (κ2) is 8.36. The van der Waals surface area contributed by atoms with Gasteiger partial charge in [-0.05, 0) is 49.7 Å². The van der Waals surface area contributed by atoms with Crippen LogP contribution in [0.2, 0.25) is 0 Å². The summed E-state index contributed by atoms with van der Waals surface area (Å²) in [6.45, 7) is 8.96. The average molecular weight is 335 g/mol. The molecule has 1 aliphatic rings. The monoisotopic (exact) mass is 335 g/mol. The van der Waals surface area contributed by atoms with Crippen LogP contribution < -0.4 is 5.32 Å². The van der Waals surface area contributed by atoms with Crippen LogP contribution >= 0.6 is 0 Å². The topological polar surface area (TPSA) is 68.5 Å². The molecule has 1 heterocycles. The van der Waals surface area contributed by atoms with Gasteiger partial charge in [0, 0.05) is 5.92 Å². The first-order valence-electron chi connectivity index (χ1n) is 8.95. The van der Waals surface area contributed by atoms with Crippen LogP contribution in [-0.4, -0.2) is 18.5 Å². The minimum atomic E-state index is -0.476. The zero-order chi connectivity index (χ0) is 17.7. The average Bonchev–Trinajstić information content (AvgIpc) is 3.01. The second-order valence-electron chi connectivity index (χ2n) is 7.14. The van der Waals surface area contributed by atoms with Crippen LogP contribution in [0, 0.1) is 23.7 Å². The lowest BCUT2D eigenvalue weighted by Gasteiger charge is -2.36. The van der Waals surface area contributed by atoms with E-state index in [9.17, 15) is 9.59 Å². The van der Waals surface area contributed by atoms with Crippen molar-refractivity contribution in [2.45, 2.75) is 53.5 Å². The third-order valence-electron chi connectivity index (χ3n) is 4.93. The molecule has 0 spiro atoms. The number of carbonyl (C=O) groups excluding carboxylic acids is 2. The van der Waals surface area contributed by atoms with Gasteiger partial charge in [0.2, 0.25) is 11.7 Å². The molecule has 0 aromatic carbocycles. The Labute approximate surface area is 144 Å². The van der Waals surface area contributed by atoms with Crippen LogP contribution in [0.1, 0.15) is 63.3 Å². The van der Waals surface area contributed by atoms with Gasteiger partial charge in [-0.1, -0.05) is 27.2 Å². The molecule has 0 radical (unpaired) electrons. The summed E-state index contributed by atoms with van der Waals surface area (Å²) >= 11 is 0. The Bertz CT molecular complexity index is 563. The van der Waals surface area contributed by atoms with E-state index in [1.165, 1.54) is 6.42 Å². The molecular weight excluding hydrogens is 306 g/mol. The fourth-order valence-electron chi connectivity index (χ4n) is 3.59. The lowest BCUT2D eigenvalue weighted by atomic mass is 9.70. The van der Waals surface area contributed by atoms with E-state index in [1.807, 2.05) is 0 Å². The van der Waals surface area contributed by atoms with E-state index >= 15 is 0 Å². The lowest BCUT2D eigenvalue weighted by molar-refractivity contribution is -0.129. The molecule has 1 aromatic heterocycles. The number of esters is 1. The molecule has 1 N–H and O–H groups in total. The van der Waals surface area contributed by atoms with Gasteiger partial charge < -0.3 is 14.5 Å².